The highest BCUT2D eigenvalue weighted by molar-refractivity contribution is 5.22. The maximum Gasteiger partial charge on any atom is 0.194 e. The van der Waals surface area contributed by atoms with Gasteiger partial charge in [-0.25, -0.2) is 13.2 Å². The number of rotatable bonds is 4. The summed E-state index contributed by atoms with van der Waals surface area (Å²) >= 11 is 0. The molecule has 19 heavy (non-hydrogen) atoms. The maximum absolute atomic E-state index is 13.2. The van der Waals surface area contributed by atoms with Crippen LogP contribution in [0, 0.1) is 23.4 Å². The zero-order valence-electron chi connectivity index (χ0n) is 10.5. The lowest BCUT2D eigenvalue weighted by atomic mass is 9.89. The molecular formula is C13H17F3N2O. The molecule has 0 aliphatic carbocycles. The summed E-state index contributed by atoms with van der Waals surface area (Å²) in [5.74, 6) is 1.98. The SMILES string of the molecule is NNC(CC1CCOCC1)c1cc(F)c(F)c(F)c1. The summed E-state index contributed by atoms with van der Waals surface area (Å²) < 4.78 is 44.6. The molecule has 3 N–H and O–H groups in total. The topological polar surface area (TPSA) is 47.3 Å². The second-order valence-electron chi connectivity index (χ2n) is 4.81. The number of hydrazine groups is 1. The van der Waals surface area contributed by atoms with E-state index in [1.54, 1.807) is 0 Å². The summed E-state index contributed by atoms with van der Waals surface area (Å²) in [4.78, 5) is 0. The number of benzene rings is 1. The van der Waals surface area contributed by atoms with Crippen molar-refractivity contribution >= 4 is 0 Å². The molecule has 1 saturated heterocycles. The molecule has 1 aromatic rings. The van der Waals surface area contributed by atoms with Crippen LogP contribution in [-0.4, -0.2) is 13.2 Å². The lowest BCUT2D eigenvalue weighted by molar-refractivity contribution is 0.0605. The minimum atomic E-state index is -1.45. The van der Waals surface area contributed by atoms with Crippen molar-refractivity contribution in [3.05, 3.63) is 35.1 Å². The van der Waals surface area contributed by atoms with E-state index in [4.69, 9.17) is 10.6 Å². The van der Waals surface area contributed by atoms with Gasteiger partial charge in [0.2, 0.25) is 0 Å². The van der Waals surface area contributed by atoms with Crippen molar-refractivity contribution in [3.8, 4) is 0 Å². The minimum absolute atomic E-state index is 0.324. The minimum Gasteiger partial charge on any atom is -0.381 e. The van der Waals surface area contributed by atoms with Gasteiger partial charge < -0.3 is 4.74 Å². The Labute approximate surface area is 109 Å². The molecule has 0 radical (unpaired) electrons. The van der Waals surface area contributed by atoms with Gasteiger partial charge in [0.05, 0.1) is 0 Å². The van der Waals surface area contributed by atoms with E-state index < -0.39 is 23.5 Å². The molecular weight excluding hydrogens is 257 g/mol. The van der Waals surface area contributed by atoms with Crippen LogP contribution in [0.1, 0.15) is 30.9 Å². The zero-order chi connectivity index (χ0) is 13.8. The Hall–Kier alpha value is -1.11. The van der Waals surface area contributed by atoms with Crippen molar-refractivity contribution in [2.24, 2.45) is 11.8 Å². The third-order valence-corrected chi connectivity index (χ3v) is 3.52. The highest BCUT2D eigenvalue weighted by atomic mass is 19.2. The van der Waals surface area contributed by atoms with Gasteiger partial charge in [-0.3, -0.25) is 11.3 Å². The standard InChI is InChI=1S/C13H17F3N2O/c14-10-6-9(7-11(15)13(10)16)12(18-17)5-8-1-3-19-4-2-8/h6-8,12,18H,1-5,17H2. The molecule has 1 heterocycles. The molecule has 1 aliphatic heterocycles. The van der Waals surface area contributed by atoms with Crippen LogP contribution in [-0.2, 0) is 4.74 Å². The zero-order valence-corrected chi connectivity index (χ0v) is 10.5. The van der Waals surface area contributed by atoms with Gasteiger partial charge in [-0.15, -0.1) is 0 Å². The lowest BCUT2D eigenvalue weighted by Gasteiger charge is -2.26. The number of hydrogen-bond donors (Lipinski definition) is 2. The second-order valence-corrected chi connectivity index (χ2v) is 4.81. The monoisotopic (exact) mass is 274 g/mol. The summed E-state index contributed by atoms with van der Waals surface area (Å²) in [6.07, 6.45) is 2.43. The van der Waals surface area contributed by atoms with Gasteiger partial charge in [0.15, 0.2) is 17.5 Å². The Morgan fingerprint density at radius 2 is 1.79 bits per heavy atom. The van der Waals surface area contributed by atoms with Crippen molar-refractivity contribution in [2.45, 2.75) is 25.3 Å². The number of hydrogen-bond acceptors (Lipinski definition) is 3. The van der Waals surface area contributed by atoms with E-state index in [1.807, 2.05) is 0 Å². The van der Waals surface area contributed by atoms with E-state index in [0.29, 0.717) is 31.1 Å². The molecule has 0 saturated carbocycles. The van der Waals surface area contributed by atoms with E-state index in [0.717, 1.165) is 25.0 Å². The highest BCUT2D eigenvalue weighted by Gasteiger charge is 2.22. The second kappa shape index (κ2) is 6.36. The predicted octanol–water partition coefficient (Wildman–Crippen LogP) is 2.43. The Morgan fingerprint density at radius 1 is 1.21 bits per heavy atom. The van der Waals surface area contributed by atoms with Gasteiger partial charge in [0.25, 0.3) is 0 Å². The van der Waals surface area contributed by atoms with Crippen LogP contribution in [0.5, 0.6) is 0 Å². The van der Waals surface area contributed by atoms with Crippen LogP contribution in [0.15, 0.2) is 12.1 Å². The molecule has 0 amide bonds. The maximum atomic E-state index is 13.2. The fourth-order valence-corrected chi connectivity index (χ4v) is 2.39. The largest absolute Gasteiger partial charge is 0.381 e. The average molecular weight is 274 g/mol. The van der Waals surface area contributed by atoms with Crippen molar-refractivity contribution in [1.29, 1.82) is 0 Å². The van der Waals surface area contributed by atoms with Crippen LogP contribution < -0.4 is 11.3 Å². The van der Waals surface area contributed by atoms with Crippen molar-refractivity contribution in [1.82, 2.24) is 5.43 Å². The third-order valence-electron chi connectivity index (χ3n) is 3.52. The van der Waals surface area contributed by atoms with Gasteiger partial charge >= 0.3 is 0 Å². The van der Waals surface area contributed by atoms with Crippen molar-refractivity contribution < 1.29 is 17.9 Å². The lowest BCUT2D eigenvalue weighted by Crippen LogP contribution is -2.31. The highest BCUT2D eigenvalue weighted by Crippen LogP contribution is 2.28. The van der Waals surface area contributed by atoms with Gasteiger partial charge in [0, 0.05) is 19.3 Å². The first kappa shape index (κ1) is 14.3. The molecule has 1 fully saturated rings. The van der Waals surface area contributed by atoms with E-state index in [9.17, 15) is 13.2 Å². The fourth-order valence-electron chi connectivity index (χ4n) is 2.39. The van der Waals surface area contributed by atoms with E-state index >= 15 is 0 Å². The number of ether oxygens (including phenoxy) is 1. The average Bonchev–Trinajstić information content (AvgIpc) is 2.42. The van der Waals surface area contributed by atoms with Crippen LogP contribution in [0.2, 0.25) is 0 Å². The molecule has 2 rings (SSSR count). The molecule has 1 unspecified atom stereocenters. The Morgan fingerprint density at radius 3 is 2.32 bits per heavy atom. The van der Waals surface area contributed by atoms with Crippen molar-refractivity contribution in [3.63, 3.8) is 0 Å². The van der Waals surface area contributed by atoms with Gasteiger partial charge in [-0.05, 0) is 42.9 Å². The molecule has 0 aromatic heterocycles. The smallest absolute Gasteiger partial charge is 0.194 e. The normalized spacial score (nSPS) is 18.5. The first-order valence-electron chi connectivity index (χ1n) is 6.30. The fraction of sp³-hybridized carbons (Fsp3) is 0.538. The van der Waals surface area contributed by atoms with Crippen LogP contribution >= 0.6 is 0 Å². The Kier molecular flexibility index (Phi) is 4.79. The summed E-state index contributed by atoms with van der Waals surface area (Å²) in [6.45, 7) is 1.38. The summed E-state index contributed by atoms with van der Waals surface area (Å²) in [5.41, 5.74) is 2.87. The predicted molar refractivity (Wildman–Crippen MR) is 64.5 cm³/mol. The number of nitrogens with one attached hydrogen (secondary N) is 1. The third kappa shape index (κ3) is 3.46. The Bertz CT molecular complexity index is 413. The molecule has 6 heteroatoms. The summed E-state index contributed by atoms with van der Waals surface area (Å²) in [6, 6.07) is 1.58. The molecule has 3 nitrogen and oxygen atoms in total. The van der Waals surface area contributed by atoms with E-state index in [-0.39, 0.29) is 0 Å². The molecule has 1 aliphatic rings. The number of halogens is 3. The molecule has 1 atom stereocenters. The van der Waals surface area contributed by atoms with Crippen LogP contribution in [0.3, 0.4) is 0 Å². The van der Waals surface area contributed by atoms with E-state index in [1.165, 1.54) is 0 Å². The van der Waals surface area contributed by atoms with Crippen LogP contribution in [0.25, 0.3) is 0 Å². The van der Waals surface area contributed by atoms with Crippen molar-refractivity contribution in [2.75, 3.05) is 13.2 Å². The number of nitrogens with two attached hydrogens (primary N) is 1. The molecule has 0 bridgehead atoms. The first-order valence-corrected chi connectivity index (χ1v) is 6.30. The molecule has 1 aromatic carbocycles. The summed E-state index contributed by atoms with van der Waals surface area (Å²) in [5, 5.41) is 0. The van der Waals surface area contributed by atoms with Crippen LogP contribution in [0.4, 0.5) is 13.2 Å². The molecule has 106 valence electrons. The van der Waals surface area contributed by atoms with Gasteiger partial charge in [-0.2, -0.15) is 0 Å². The van der Waals surface area contributed by atoms with Gasteiger partial charge in [0.1, 0.15) is 0 Å². The first-order chi connectivity index (χ1) is 9.11. The van der Waals surface area contributed by atoms with E-state index in [2.05, 4.69) is 5.43 Å². The summed E-state index contributed by atoms with van der Waals surface area (Å²) in [7, 11) is 0. The molecule has 0 spiro atoms. The van der Waals surface area contributed by atoms with Gasteiger partial charge in [-0.1, -0.05) is 0 Å². The Balaban J connectivity index is 2.12. The quantitative estimate of drug-likeness (QED) is 0.503.